The highest BCUT2D eigenvalue weighted by atomic mass is 15.2. The zero-order valence-electron chi connectivity index (χ0n) is 61.4. The van der Waals surface area contributed by atoms with Crippen LogP contribution in [0.2, 0.25) is 0 Å². The maximum absolute atomic E-state index is 2.86. The second-order valence-corrected chi connectivity index (χ2v) is 33.6. The van der Waals surface area contributed by atoms with Crippen molar-refractivity contribution in [3.05, 3.63) is 208 Å². The molecule has 490 valence electrons. The van der Waals surface area contributed by atoms with Crippen LogP contribution in [-0.2, 0) is 52.8 Å². The Hall–Kier alpha value is -7.76. The van der Waals surface area contributed by atoms with Crippen molar-refractivity contribution in [1.82, 2.24) is 9.13 Å². The SMILES string of the molecule is CCCCc1cc(C(C)(C)C)cc(CCCC)c1N1c2cc(-n3c4ccccc4c4cc(C(C)(C)C)ccc43)ccc2B2c3ccc(-n4c5ccccc5c5cc(C(C)(C)C)ccc54)cc3N(c3c(CCCC)cc(C(C)(C)C)cc3CCCC)c3cc(C(C)(C)C)cc1c32. The van der Waals surface area contributed by atoms with Crippen LogP contribution in [0.15, 0.2) is 158 Å². The normalized spacial score (nSPS) is 13.7. The van der Waals surface area contributed by atoms with Gasteiger partial charge in [0.2, 0.25) is 0 Å². The van der Waals surface area contributed by atoms with E-state index in [1.165, 1.54) is 156 Å². The topological polar surface area (TPSA) is 16.3 Å². The summed E-state index contributed by atoms with van der Waals surface area (Å²) >= 11 is 0. The van der Waals surface area contributed by atoms with Crippen LogP contribution in [0.25, 0.3) is 55.0 Å². The van der Waals surface area contributed by atoms with Crippen LogP contribution >= 0.6 is 0 Å². The van der Waals surface area contributed by atoms with Crippen molar-refractivity contribution in [2.24, 2.45) is 0 Å². The number of fused-ring (bicyclic) bond motifs is 10. The maximum atomic E-state index is 2.86. The zero-order chi connectivity index (χ0) is 67.4. The lowest BCUT2D eigenvalue weighted by molar-refractivity contribution is 0.587. The van der Waals surface area contributed by atoms with E-state index in [-0.39, 0.29) is 33.8 Å². The molecule has 0 aliphatic carbocycles. The first-order chi connectivity index (χ1) is 45.1. The Kier molecular flexibility index (Phi) is 17.1. The van der Waals surface area contributed by atoms with E-state index >= 15 is 0 Å². The van der Waals surface area contributed by atoms with Crippen molar-refractivity contribution in [3.8, 4) is 11.4 Å². The third-order valence-corrected chi connectivity index (χ3v) is 21.4. The molecule has 2 aliphatic rings. The summed E-state index contributed by atoms with van der Waals surface area (Å²) in [6, 6.07) is 64.0. The smallest absolute Gasteiger partial charge is 0.252 e. The molecule has 0 atom stereocenters. The summed E-state index contributed by atoms with van der Waals surface area (Å²) in [6.45, 7) is 45.3. The van der Waals surface area contributed by atoms with E-state index in [1.54, 1.807) is 0 Å². The Labute approximate surface area is 571 Å². The summed E-state index contributed by atoms with van der Waals surface area (Å²) in [5, 5.41) is 5.18. The van der Waals surface area contributed by atoms with Gasteiger partial charge in [0, 0.05) is 55.7 Å². The van der Waals surface area contributed by atoms with Gasteiger partial charge in [0.05, 0.1) is 33.4 Å². The Bertz CT molecular complexity index is 4410. The van der Waals surface area contributed by atoms with Crippen molar-refractivity contribution in [3.63, 3.8) is 0 Å². The zero-order valence-corrected chi connectivity index (χ0v) is 61.4. The van der Waals surface area contributed by atoms with Gasteiger partial charge in [0.15, 0.2) is 0 Å². The lowest BCUT2D eigenvalue weighted by Crippen LogP contribution is -2.61. The minimum atomic E-state index is -0.204. The predicted molar refractivity (Wildman–Crippen MR) is 417 cm³/mol. The molecule has 13 rings (SSSR count). The standard InChI is InChI=1S/C90H107BN4/c1-20-24-32-58-48-64(88(11,12)13)49-59(33-25-21-2)84(58)94-79-56-67(92-75-38-30-28-36-69(75)71-52-62(86(5,6)7)40-46-77(71)92)42-44-73(79)91-74-45-43-68(93-76-39-31-29-37-70(76)72-53-63(87(8,9)10)41-47-78(72)93)57-80(74)95(82-55-66(90(17,18)19)54-81(94)83(82)91)85-60(34-26-22-3)50-65(89(14,15)16)51-61(85)35-27-23-4/h28-31,36-57H,20-27,32-35H2,1-19H3. The molecule has 4 nitrogen and oxygen atoms in total. The lowest BCUT2D eigenvalue weighted by atomic mass is 9.33. The highest BCUT2D eigenvalue weighted by Gasteiger charge is 2.46. The first kappa shape index (κ1) is 65.9. The van der Waals surface area contributed by atoms with Crippen molar-refractivity contribution in [1.29, 1.82) is 0 Å². The summed E-state index contributed by atoms with van der Waals surface area (Å²) in [6.07, 6.45) is 13.0. The fourth-order valence-electron chi connectivity index (χ4n) is 15.8. The molecule has 0 bridgehead atoms. The van der Waals surface area contributed by atoms with Gasteiger partial charge in [-0.3, -0.25) is 0 Å². The number of hydrogen-bond acceptors (Lipinski definition) is 2. The van der Waals surface area contributed by atoms with Crippen molar-refractivity contribution < 1.29 is 0 Å². The van der Waals surface area contributed by atoms with E-state index in [0.717, 1.165) is 77.0 Å². The van der Waals surface area contributed by atoms with Gasteiger partial charge in [-0.05, 0) is 218 Å². The van der Waals surface area contributed by atoms with Crippen molar-refractivity contribution in [2.75, 3.05) is 9.80 Å². The highest BCUT2D eigenvalue weighted by Crippen LogP contribution is 2.52. The van der Waals surface area contributed by atoms with Crippen LogP contribution in [-0.4, -0.2) is 15.8 Å². The summed E-state index contributed by atoms with van der Waals surface area (Å²) in [5.41, 5.74) is 31.9. The average molecular weight is 1260 g/mol. The maximum Gasteiger partial charge on any atom is 0.252 e. The fraction of sp³-hybridized carbons (Fsp3) is 0.400. The van der Waals surface area contributed by atoms with Crippen LogP contribution < -0.4 is 26.2 Å². The molecule has 0 unspecified atom stereocenters. The van der Waals surface area contributed by atoms with Crippen molar-refractivity contribution in [2.45, 2.75) is 236 Å². The van der Waals surface area contributed by atoms with E-state index < -0.39 is 0 Å². The number of hydrogen-bond donors (Lipinski definition) is 0. The molecule has 95 heavy (non-hydrogen) atoms. The average Bonchev–Trinajstić information content (AvgIpc) is 1.17. The third kappa shape index (κ3) is 11.7. The number of aryl methyl sites for hydroxylation is 4. The molecule has 0 fully saturated rings. The number of aromatic nitrogens is 2. The largest absolute Gasteiger partial charge is 0.311 e. The van der Waals surface area contributed by atoms with Gasteiger partial charge in [-0.1, -0.05) is 242 Å². The summed E-state index contributed by atoms with van der Waals surface area (Å²) in [4.78, 5) is 5.72. The molecule has 2 aromatic heterocycles. The first-order valence-corrected chi connectivity index (χ1v) is 36.6. The lowest BCUT2D eigenvalue weighted by Gasteiger charge is -2.47. The molecular formula is C90H107BN4. The van der Waals surface area contributed by atoms with Crippen LogP contribution in [0.1, 0.15) is 233 Å². The van der Waals surface area contributed by atoms with Gasteiger partial charge in [-0.25, -0.2) is 0 Å². The Morgan fingerprint density at radius 1 is 0.295 bits per heavy atom. The third-order valence-electron chi connectivity index (χ3n) is 21.4. The molecule has 0 radical (unpaired) electrons. The molecule has 0 N–H and O–H groups in total. The van der Waals surface area contributed by atoms with E-state index in [0.29, 0.717) is 0 Å². The second kappa shape index (κ2) is 24.7. The number of unbranched alkanes of at least 4 members (excludes halogenated alkanes) is 4. The van der Waals surface area contributed by atoms with E-state index in [2.05, 4.69) is 308 Å². The van der Waals surface area contributed by atoms with Gasteiger partial charge in [-0.2, -0.15) is 0 Å². The summed E-state index contributed by atoms with van der Waals surface area (Å²) in [5.74, 6) is 0. The monoisotopic (exact) mass is 1250 g/mol. The molecule has 4 heterocycles. The Morgan fingerprint density at radius 2 is 0.611 bits per heavy atom. The number of nitrogens with zero attached hydrogens (tertiary/aromatic N) is 4. The predicted octanol–water partition coefficient (Wildman–Crippen LogP) is 23.8. The number of rotatable bonds is 16. The van der Waals surface area contributed by atoms with Crippen LogP contribution in [0, 0.1) is 0 Å². The minimum Gasteiger partial charge on any atom is -0.311 e. The molecule has 9 aromatic carbocycles. The van der Waals surface area contributed by atoms with Gasteiger partial charge in [0.1, 0.15) is 0 Å². The molecule has 0 spiro atoms. The fourth-order valence-corrected chi connectivity index (χ4v) is 15.8. The summed E-state index contributed by atoms with van der Waals surface area (Å²) in [7, 11) is 0. The van der Waals surface area contributed by atoms with Gasteiger partial charge in [-0.15, -0.1) is 0 Å². The molecule has 0 saturated heterocycles. The highest BCUT2D eigenvalue weighted by molar-refractivity contribution is 7.00. The van der Waals surface area contributed by atoms with Gasteiger partial charge in [0.25, 0.3) is 6.71 Å². The number of para-hydroxylation sites is 2. The molecule has 5 heteroatoms. The van der Waals surface area contributed by atoms with E-state index in [1.807, 2.05) is 0 Å². The van der Waals surface area contributed by atoms with Crippen molar-refractivity contribution >= 4 is 101 Å². The molecule has 0 amide bonds. The quantitative estimate of drug-likeness (QED) is 0.0897. The van der Waals surface area contributed by atoms with Gasteiger partial charge >= 0.3 is 0 Å². The Morgan fingerprint density at radius 3 is 0.937 bits per heavy atom. The Balaban J connectivity index is 1.21. The van der Waals surface area contributed by atoms with Gasteiger partial charge < -0.3 is 18.9 Å². The van der Waals surface area contributed by atoms with E-state index in [9.17, 15) is 0 Å². The molecule has 2 aliphatic heterocycles. The molecule has 11 aromatic rings. The van der Waals surface area contributed by atoms with Crippen LogP contribution in [0.3, 0.4) is 0 Å². The molecule has 0 saturated carbocycles. The number of anilines is 6. The van der Waals surface area contributed by atoms with Crippen LogP contribution in [0.4, 0.5) is 34.1 Å². The number of benzene rings is 9. The summed E-state index contributed by atoms with van der Waals surface area (Å²) < 4.78 is 5.16. The van der Waals surface area contributed by atoms with E-state index in [4.69, 9.17) is 0 Å². The first-order valence-electron chi connectivity index (χ1n) is 36.6. The second-order valence-electron chi connectivity index (χ2n) is 33.6. The minimum absolute atomic E-state index is 0.00559. The molecular weight excluding hydrogens is 1150 g/mol. The van der Waals surface area contributed by atoms with Crippen LogP contribution in [0.5, 0.6) is 0 Å².